The van der Waals surface area contributed by atoms with Gasteiger partial charge in [-0.2, -0.15) is 0 Å². The maximum Gasteiger partial charge on any atom is 0.254 e. The molecule has 2 saturated heterocycles. The van der Waals surface area contributed by atoms with Crippen LogP contribution in [0.3, 0.4) is 0 Å². The molecule has 2 fully saturated rings. The number of carbonyl (C=O) groups is 2. The Hall–Kier alpha value is -3.03. The molecule has 3 aliphatic rings. The number of carbonyl (C=O) groups excluding carboxylic acids is 2. The standard InChI is InChI=1S/C21H23N3O5/c1-12-16(13(2)29-22-12)8-20(25)23-6-5-17-15(9-23)10-24(17)21(26)14-3-4-18-19(7-14)28-11-27-18/h3-4,7,15,17H,5-6,8-11H2,1-2H3/t15-,17-/m0/s1. The Labute approximate surface area is 168 Å². The molecule has 0 spiro atoms. The van der Waals surface area contributed by atoms with Gasteiger partial charge in [-0.3, -0.25) is 9.59 Å². The molecule has 0 bridgehead atoms. The lowest BCUT2D eigenvalue weighted by molar-refractivity contribution is -0.135. The van der Waals surface area contributed by atoms with E-state index in [1.54, 1.807) is 18.2 Å². The topological polar surface area (TPSA) is 85.1 Å². The Balaban J connectivity index is 1.20. The summed E-state index contributed by atoms with van der Waals surface area (Å²) in [5.74, 6) is 2.43. The predicted octanol–water partition coefficient (Wildman–Crippen LogP) is 1.94. The third kappa shape index (κ3) is 3.03. The van der Waals surface area contributed by atoms with Gasteiger partial charge in [-0.05, 0) is 38.5 Å². The molecule has 1 aromatic carbocycles. The zero-order valence-corrected chi connectivity index (χ0v) is 16.5. The zero-order valence-electron chi connectivity index (χ0n) is 16.5. The van der Waals surface area contributed by atoms with E-state index >= 15 is 0 Å². The normalized spacial score (nSPS) is 22.3. The summed E-state index contributed by atoms with van der Waals surface area (Å²) in [6, 6.07) is 5.50. The van der Waals surface area contributed by atoms with E-state index in [-0.39, 0.29) is 24.6 Å². The van der Waals surface area contributed by atoms with Crippen LogP contribution in [0.1, 0.15) is 33.8 Å². The molecule has 4 heterocycles. The summed E-state index contributed by atoms with van der Waals surface area (Å²) in [6.07, 6.45) is 1.12. The van der Waals surface area contributed by atoms with Crippen molar-refractivity contribution in [2.24, 2.45) is 5.92 Å². The van der Waals surface area contributed by atoms with Gasteiger partial charge in [-0.25, -0.2) is 0 Å². The lowest BCUT2D eigenvalue weighted by Gasteiger charge is -2.53. The molecule has 8 heteroatoms. The SMILES string of the molecule is Cc1noc(C)c1CC(=O)N1CC[C@H]2[C@@H](C1)CN2C(=O)c1ccc2c(c1)OCO2. The first-order valence-electron chi connectivity index (χ1n) is 9.91. The van der Waals surface area contributed by atoms with Crippen molar-refractivity contribution in [3.8, 4) is 11.5 Å². The molecule has 5 rings (SSSR count). The minimum absolute atomic E-state index is 0.0139. The van der Waals surface area contributed by atoms with Crippen molar-refractivity contribution in [1.29, 1.82) is 0 Å². The van der Waals surface area contributed by atoms with Gasteiger partial charge in [-0.15, -0.1) is 0 Å². The van der Waals surface area contributed by atoms with Gasteiger partial charge >= 0.3 is 0 Å². The highest BCUT2D eigenvalue weighted by molar-refractivity contribution is 5.95. The molecule has 0 radical (unpaired) electrons. The van der Waals surface area contributed by atoms with Crippen LogP contribution in [0.25, 0.3) is 0 Å². The highest BCUT2D eigenvalue weighted by atomic mass is 16.7. The van der Waals surface area contributed by atoms with Crippen LogP contribution in [-0.2, 0) is 11.2 Å². The van der Waals surface area contributed by atoms with Gasteiger partial charge in [0.05, 0.1) is 12.1 Å². The Morgan fingerprint density at radius 2 is 2.00 bits per heavy atom. The van der Waals surface area contributed by atoms with Crippen molar-refractivity contribution in [3.63, 3.8) is 0 Å². The van der Waals surface area contributed by atoms with Crippen LogP contribution in [0.15, 0.2) is 22.7 Å². The highest BCUT2D eigenvalue weighted by Crippen LogP contribution is 2.36. The lowest BCUT2D eigenvalue weighted by Crippen LogP contribution is -2.65. The van der Waals surface area contributed by atoms with Gasteiger partial charge in [-0.1, -0.05) is 5.16 Å². The number of fused-ring (bicyclic) bond motifs is 2. The fraction of sp³-hybridized carbons (Fsp3) is 0.476. The Morgan fingerprint density at radius 3 is 2.76 bits per heavy atom. The molecule has 2 aromatic rings. The van der Waals surface area contributed by atoms with E-state index in [1.165, 1.54) is 0 Å². The van der Waals surface area contributed by atoms with Gasteiger partial charge in [0, 0.05) is 42.7 Å². The molecule has 2 atom stereocenters. The lowest BCUT2D eigenvalue weighted by atomic mass is 9.82. The van der Waals surface area contributed by atoms with Crippen LogP contribution < -0.4 is 9.47 Å². The first kappa shape index (κ1) is 18.0. The Kier molecular flexibility index (Phi) is 4.22. The highest BCUT2D eigenvalue weighted by Gasteiger charge is 2.46. The van der Waals surface area contributed by atoms with Crippen LogP contribution in [0.5, 0.6) is 11.5 Å². The van der Waals surface area contributed by atoms with Crippen LogP contribution in [0.2, 0.25) is 0 Å². The molecule has 152 valence electrons. The van der Waals surface area contributed by atoms with Crippen molar-refractivity contribution in [2.75, 3.05) is 26.4 Å². The molecule has 0 aliphatic carbocycles. The molecule has 0 saturated carbocycles. The molecule has 0 unspecified atom stereocenters. The molecule has 29 heavy (non-hydrogen) atoms. The smallest absolute Gasteiger partial charge is 0.254 e. The van der Waals surface area contributed by atoms with E-state index in [2.05, 4.69) is 5.16 Å². The monoisotopic (exact) mass is 397 g/mol. The van der Waals surface area contributed by atoms with Crippen molar-refractivity contribution in [2.45, 2.75) is 32.7 Å². The molecular weight excluding hydrogens is 374 g/mol. The van der Waals surface area contributed by atoms with Crippen molar-refractivity contribution in [3.05, 3.63) is 40.8 Å². The average molecular weight is 397 g/mol. The van der Waals surface area contributed by atoms with E-state index in [0.29, 0.717) is 54.8 Å². The number of rotatable bonds is 3. The zero-order chi connectivity index (χ0) is 20.1. The van der Waals surface area contributed by atoms with Gasteiger partial charge in [0.2, 0.25) is 12.7 Å². The number of aryl methyl sites for hydroxylation is 2. The van der Waals surface area contributed by atoms with Crippen molar-refractivity contribution < 1.29 is 23.6 Å². The number of hydrogen-bond acceptors (Lipinski definition) is 6. The number of piperidine rings is 1. The number of likely N-dealkylation sites (tertiary alicyclic amines) is 2. The minimum Gasteiger partial charge on any atom is -0.454 e. The summed E-state index contributed by atoms with van der Waals surface area (Å²) >= 11 is 0. The number of aromatic nitrogens is 1. The number of nitrogens with zero attached hydrogens (tertiary/aromatic N) is 3. The van der Waals surface area contributed by atoms with E-state index in [9.17, 15) is 9.59 Å². The number of ether oxygens (including phenoxy) is 2. The van der Waals surface area contributed by atoms with E-state index in [0.717, 1.165) is 17.7 Å². The average Bonchev–Trinajstić information content (AvgIpc) is 3.29. The first-order chi connectivity index (χ1) is 14.0. The first-order valence-corrected chi connectivity index (χ1v) is 9.91. The Bertz CT molecular complexity index is 965. The second-order valence-corrected chi connectivity index (χ2v) is 7.96. The summed E-state index contributed by atoms with van der Waals surface area (Å²) in [5.41, 5.74) is 2.27. The van der Waals surface area contributed by atoms with Gasteiger partial charge < -0.3 is 23.8 Å². The van der Waals surface area contributed by atoms with Crippen LogP contribution in [-0.4, -0.2) is 59.2 Å². The largest absolute Gasteiger partial charge is 0.454 e. The number of benzene rings is 1. The number of amides is 2. The second-order valence-electron chi connectivity index (χ2n) is 7.96. The second kappa shape index (κ2) is 6.79. The quantitative estimate of drug-likeness (QED) is 0.787. The molecule has 2 amide bonds. The van der Waals surface area contributed by atoms with Crippen LogP contribution >= 0.6 is 0 Å². The molecule has 8 nitrogen and oxygen atoms in total. The van der Waals surface area contributed by atoms with Gasteiger partial charge in [0.1, 0.15) is 5.76 Å². The molecule has 1 aromatic heterocycles. The molecular formula is C21H23N3O5. The summed E-state index contributed by atoms with van der Waals surface area (Å²) < 4.78 is 15.9. The summed E-state index contributed by atoms with van der Waals surface area (Å²) in [6.45, 7) is 5.91. The van der Waals surface area contributed by atoms with Crippen molar-refractivity contribution in [1.82, 2.24) is 15.0 Å². The van der Waals surface area contributed by atoms with E-state index in [1.807, 2.05) is 23.6 Å². The van der Waals surface area contributed by atoms with Gasteiger partial charge in [0.25, 0.3) is 5.91 Å². The van der Waals surface area contributed by atoms with Gasteiger partial charge in [0.15, 0.2) is 11.5 Å². The molecule has 0 N–H and O–H groups in total. The predicted molar refractivity (Wildman–Crippen MR) is 102 cm³/mol. The van der Waals surface area contributed by atoms with Crippen LogP contribution in [0, 0.1) is 19.8 Å². The van der Waals surface area contributed by atoms with E-state index in [4.69, 9.17) is 14.0 Å². The summed E-state index contributed by atoms with van der Waals surface area (Å²) in [7, 11) is 0. The van der Waals surface area contributed by atoms with Crippen LogP contribution in [0.4, 0.5) is 0 Å². The maximum atomic E-state index is 12.9. The third-order valence-corrected chi connectivity index (χ3v) is 6.27. The third-order valence-electron chi connectivity index (χ3n) is 6.27. The summed E-state index contributed by atoms with van der Waals surface area (Å²) in [4.78, 5) is 29.5. The number of hydrogen-bond donors (Lipinski definition) is 0. The minimum atomic E-state index is 0.0139. The fourth-order valence-electron chi connectivity index (χ4n) is 4.53. The molecule has 3 aliphatic heterocycles. The maximum absolute atomic E-state index is 12.9. The van der Waals surface area contributed by atoms with E-state index < -0.39 is 0 Å². The summed E-state index contributed by atoms with van der Waals surface area (Å²) in [5, 5.41) is 3.93. The Morgan fingerprint density at radius 1 is 1.17 bits per heavy atom. The fourth-order valence-corrected chi connectivity index (χ4v) is 4.53. The van der Waals surface area contributed by atoms with Crippen molar-refractivity contribution >= 4 is 11.8 Å².